The highest BCUT2D eigenvalue weighted by Crippen LogP contribution is 2.27. The molecule has 170 valence electrons. The maximum atomic E-state index is 12.9. The molecular formula is C21H20N6O4S2. The van der Waals surface area contributed by atoms with Gasteiger partial charge in [-0.1, -0.05) is 6.07 Å². The second kappa shape index (κ2) is 8.73. The predicted molar refractivity (Wildman–Crippen MR) is 125 cm³/mol. The number of thiophene rings is 1. The smallest absolute Gasteiger partial charge is 0.256 e. The van der Waals surface area contributed by atoms with E-state index in [9.17, 15) is 18.0 Å². The monoisotopic (exact) mass is 484 g/mol. The number of nitrogens with one attached hydrogen (secondary N) is 2. The minimum absolute atomic E-state index is 0.0793. The number of nitrogens with zero attached hydrogens (tertiary/aromatic N) is 4. The van der Waals surface area contributed by atoms with Gasteiger partial charge in [0, 0.05) is 37.5 Å². The van der Waals surface area contributed by atoms with Crippen molar-refractivity contribution in [1.82, 2.24) is 24.1 Å². The van der Waals surface area contributed by atoms with Crippen molar-refractivity contribution in [3.63, 3.8) is 0 Å². The molecule has 0 atom stereocenters. The summed E-state index contributed by atoms with van der Waals surface area (Å²) in [6, 6.07) is 12.4. The lowest BCUT2D eigenvalue weighted by Crippen LogP contribution is -2.22. The van der Waals surface area contributed by atoms with Crippen LogP contribution >= 0.6 is 11.3 Å². The number of carbonyl (C=O) groups is 1. The lowest BCUT2D eigenvalue weighted by molar-refractivity contribution is 0.102. The second-order valence-corrected chi connectivity index (χ2v) is 10.4. The van der Waals surface area contributed by atoms with Crippen LogP contribution in [-0.2, 0) is 10.0 Å². The van der Waals surface area contributed by atoms with E-state index in [1.54, 1.807) is 13.0 Å². The van der Waals surface area contributed by atoms with Crippen molar-refractivity contribution in [2.45, 2.75) is 11.8 Å². The number of carbonyl (C=O) groups excluding carboxylic acids is 1. The van der Waals surface area contributed by atoms with E-state index in [-0.39, 0.29) is 22.0 Å². The topological polar surface area (TPSA) is 130 Å². The van der Waals surface area contributed by atoms with Crippen LogP contribution in [0, 0.1) is 6.92 Å². The molecule has 3 aromatic heterocycles. The molecule has 3 heterocycles. The van der Waals surface area contributed by atoms with Crippen molar-refractivity contribution in [2.75, 3.05) is 19.4 Å². The van der Waals surface area contributed by atoms with Crippen LogP contribution in [0.4, 0.5) is 5.82 Å². The summed E-state index contributed by atoms with van der Waals surface area (Å²) in [5.41, 5.74) is 0.998. The molecule has 1 amide bonds. The Balaban J connectivity index is 1.70. The fraction of sp³-hybridized carbons (Fsp3) is 0.143. The van der Waals surface area contributed by atoms with Gasteiger partial charge in [-0.05, 0) is 42.6 Å². The average Bonchev–Trinajstić information content (AvgIpc) is 3.43. The number of hydrogen-bond acceptors (Lipinski definition) is 7. The lowest BCUT2D eigenvalue weighted by Gasteiger charge is -2.12. The summed E-state index contributed by atoms with van der Waals surface area (Å²) in [5, 5.41) is 9.19. The van der Waals surface area contributed by atoms with Crippen molar-refractivity contribution >= 4 is 33.1 Å². The average molecular weight is 485 g/mol. The summed E-state index contributed by atoms with van der Waals surface area (Å²) in [4.78, 5) is 32.8. The molecule has 4 aromatic rings. The van der Waals surface area contributed by atoms with Gasteiger partial charge in [0.15, 0.2) is 0 Å². The molecule has 0 aliphatic rings. The summed E-state index contributed by atoms with van der Waals surface area (Å²) in [7, 11) is -0.731. The van der Waals surface area contributed by atoms with E-state index in [0.29, 0.717) is 17.2 Å². The minimum atomic E-state index is -3.60. The molecule has 0 saturated heterocycles. The molecule has 33 heavy (non-hydrogen) atoms. The first-order chi connectivity index (χ1) is 15.6. The molecule has 0 aliphatic heterocycles. The van der Waals surface area contributed by atoms with Gasteiger partial charge in [0.05, 0.1) is 9.77 Å². The fourth-order valence-corrected chi connectivity index (χ4v) is 4.60. The molecular weight excluding hydrogens is 464 g/mol. The van der Waals surface area contributed by atoms with Crippen molar-refractivity contribution < 1.29 is 13.2 Å². The largest absolute Gasteiger partial charge is 0.306 e. The highest BCUT2D eigenvalue weighted by molar-refractivity contribution is 7.89. The Morgan fingerprint density at radius 2 is 1.88 bits per heavy atom. The molecule has 0 fully saturated rings. The van der Waals surface area contributed by atoms with Crippen LogP contribution in [0.25, 0.3) is 16.5 Å². The Morgan fingerprint density at radius 3 is 2.48 bits per heavy atom. The van der Waals surface area contributed by atoms with Crippen LogP contribution in [-0.4, -0.2) is 52.5 Å². The first kappa shape index (κ1) is 22.6. The zero-order valence-corrected chi connectivity index (χ0v) is 19.6. The summed E-state index contributed by atoms with van der Waals surface area (Å²) in [6.07, 6.45) is 0. The van der Waals surface area contributed by atoms with E-state index >= 15 is 0 Å². The number of sulfonamides is 1. The third-order valence-electron chi connectivity index (χ3n) is 4.68. The maximum Gasteiger partial charge on any atom is 0.256 e. The summed E-state index contributed by atoms with van der Waals surface area (Å²) in [5.74, 6) is -0.0228. The normalized spacial score (nSPS) is 11.6. The number of H-pyrrole nitrogens is 1. The first-order valence-electron chi connectivity index (χ1n) is 9.71. The quantitative estimate of drug-likeness (QED) is 0.432. The highest BCUT2D eigenvalue weighted by atomic mass is 32.2. The summed E-state index contributed by atoms with van der Waals surface area (Å²) < 4.78 is 27.0. The first-order valence-corrected chi connectivity index (χ1v) is 12.0. The third kappa shape index (κ3) is 4.62. The summed E-state index contributed by atoms with van der Waals surface area (Å²) in [6.45, 7) is 1.68. The standard InChI is InChI=1S/C21H20N6O4S2/c1-13-11-19(28)24-21(22-13)27-18(12-16(25-27)17-5-4-10-32-17)23-20(29)14-6-8-15(9-7-14)33(30,31)26(2)3/h4-12H,1-3H3,(H,23,29)(H,22,24,28). The number of rotatable bonds is 6. The Labute approximate surface area is 193 Å². The zero-order chi connectivity index (χ0) is 23.8. The minimum Gasteiger partial charge on any atom is -0.306 e. The van der Waals surface area contributed by atoms with Crippen LogP contribution in [0.5, 0.6) is 0 Å². The van der Waals surface area contributed by atoms with E-state index in [0.717, 1.165) is 9.18 Å². The van der Waals surface area contributed by atoms with Gasteiger partial charge in [-0.15, -0.1) is 11.3 Å². The van der Waals surface area contributed by atoms with Gasteiger partial charge in [0.2, 0.25) is 16.0 Å². The van der Waals surface area contributed by atoms with E-state index in [4.69, 9.17) is 0 Å². The van der Waals surface area contributed by atoms with Gasteiger partial charge < -0.3 is 5.32 Å². The fourth-order valence-electron chi connectivity index (χ4n) is 3.02. The molecule has 0 aliphatic carbocycles. The van der Waals surface area contributed by atoms with Crippen molar-refractivity contribution in [1.29, 1.82) is 0 Å². The molecule has 1 aromatic carbocycles. The second-order valence-electron chi connectivity index (χ2n) is 7.28. The Kier molecular flexibility index (Phi) is 5.97. The molecule has 0 bridgehead atoms. The van der Waals surface area contributed by atoms with E-state index in [2.05, 4.69) is 20.4 Å². The van der Waals surface area contributed by atoms with E-state index in [1.165, 1.54) is 60.4 Å². The molecule has 12 heteroatoms. The molecule has 0 radical (unpaired) electrons. The van der Waals surface area contributed by atoms with Gasteiger partial charge >= 0.3 is 0 Å². The van der Waals surface area contributed by atoms with Crippen LogP contribution in [0.15, 0.2) is 63.6 Å². The predicted octanol–water partition coefficient (Wildman–Crippen LogP) is 2.50. The Bertz CT molecular complexity index is 1470. The number of aromatic nitrogens is 4. The third-order valence-corrected chi connectivity index (χ3v) is 7.40. The molecule has 2 N–H and O–H groups in total. The molecule has 0 unspecified atom stereocenters. The zero-order valence-electron chi connectivity index (χ0n) is 17.9. The number of aromatic amines is 1. The SMILES string of the molecule is Cc1cc(=O)[nH]c(-n2nc(-c3cccs3)cc2NC(=O)c2ccc(S(=O)(=O)N(C)C)cc2)n1. The van der Waals surface area contributed by atoms with Crippen LogP contribution in [0.3, 0.4) is 0 Å². The van der Waals surface area contributed by atoms with Gasteiger partial charge in [-0.25, -0.2) is 17.7 Å². The number of aryl methyl sites for hydroxylation is 1. The van der Waals surface area contributed by atoms with E-state index in [1.807, 2.05) is 17.5 Å². The van der Waals surface area contributed by atoms with E-state index < -0.39 is 15.9 Å². The van der Waals surface area contributed by atoms with Gasteiger partial charge in [0.1, 0.15) is 11.5 Å². The van der Waals surface area contributed by atoms with Gasteiger partial charge in [-0.3, -0.25) is 14.6 Å². The number of hydrogen-bond donors (Lipinski definition) is 2. The van der Waals surface area contributed by atoms with Crippen LogP contribution < -0.4 is 10.9 Å². The Hall–Kier alpha value is -3.61. The summed E-state index contributed by atoms with van der Waals surface area (Å²) >= 11 is 1.48. The van der Waals surface area contributed by atoms with Gasteiger partial charge in [0.25, 0.3) is 11.5 Å². The maximum absolute atomic E-state index is 12.9. The van der Waals surface area contributed by atoms with Crippen LogP contribution in [0.1, 0.15) is 16.1 Å². The van der Waals surface area contributed by atoms with Crippen molar-refractivity contribution in [3.8, 4) is 16.5 Å². The van der Waals surface area contributed by atoms with Crippen LogP contribution in [0.2, 0.25) is 0 Å². The number of amides is 1. The molecule has 4 rings (SSSR count). The van der Waals surface area contributed by atoms with Crippen molar-refractivity contribution in [2.24, 2.45) is 0 Å². The van der Waals surface area contributed by atoms with Gasteiger partial charge in [-0.2, -0.15) is 9.78 Å². The highest BCUT2D eigenvalue weighted by Gasteiger charge is 2.19. The molecule has 10 nitrogen and oxygen atoms in total. The lowest BCUT2D eigenvalue weighted by atomic mass is 10.2. The number of anilines is 1. The number of benzene rings is 1. The van der Waals surface area contributed by atoms with Crippen molar-refractivity contribution in [3.05, 3.63) is 75.5 Å². The molecule has 0 saturated carbocycles. The Morgan fingerprint density at radius 1 is 1.15 bits per heavy atom. The molecule has 0 spiro atoms.